The summed E-state index contributed by atoms with van der Waals surface area (Å²) in [6.45, 7) is 0. The predicted octanol–water partition coefficient (Wildman–Crippen LogP) is 2.24. The number of methoxy groups -OCH3 is 2. The Morgan fingerprint density at radius 3 is 2.22 bits per heavy atom. The highest BCUT2D eigenvalue weighted by molar-refractivity contribution is 5.98. The molecule has 2 rings (SSSR count). The molecule has 2 aromatic rings. The highest BCUT2D eigenvalue weighted by Gasteiger charge is 2.19. The zero-order chi connectivity index (χ0) is 17.0. The lowest BCUT2D eigenvalue weighted by Gasteiger charge is -2.14. The van der Waals surface area contributed by atoms with Crippen molar-refractivity contribution in [3.05, 3.63) is 41.6 Å². The molecule has 23 heavy (non-hydrogen) atoms. The number of carboxylic acids is 2. The predicted molar refractivity (Wildman–Crippen MR) is 81.0 cm³/mol. The molecule has 0 aliphatic heterocycles. The van der Waals surface area contributed by atoms with E-state index in [4.69, 9.17) is 14.6 Å². The molecule has 8 heteroatoms. The van der Waals surface area contributed by atoms with E-state index in [2.05, 4.69) is 10.3 Å². The average molecular weight is 318 g/mol. The molecule has 0 fully saturated rings. The number of carbonyl (C=O) groups is 2. The number of aromatic carboxylic acids is 2. The first-order valence-corrected chi connectivity index (χ1v) is 6.42. The fourth-order valence-corrected chi connectivity index (χ4v) is 1.96. The fraction of sp³-hybridized carbons (Fsp3) is 0.133. The smallest absolute Gasteiger partial charge is 0.339 e. The van der Waals surface area contributed by atoms with Crippen molar-refractivity contribution in [2.75, 3.05) is 19.5 Å². The van der Waals surface area contributed by atoms with Gasteiger partial charge in [-0.1, -0.05) is 0 Å². The van der Waals surface area contributed by atoms with Crippen LogP contribution in [0.1, 0.15) is 20.7 Å². The summed E-state index contributed by atoms with van der Waals surface area (Å²) in [5.74, 6) is -1.82. The van der Waals surface area contributed by atoms with Gasteiger partial charge in [0, 0.05) is 18.3 Å². The van der Waals surface area contributed by atoms with Gasteiger partial charge in [0.1, 0.15) is 11.4 Å². The maximum Gasteiger partial charge on any atom is 0.339 e. The Kier molecular flexibility index (Phi) is 4.65. The minimum Gasteiger partial charge on any atom is -0.493 e. The summed E-state index contributed by atoms with van der Waals surface area (Å²) in [7, 11) is 2.80. The molecule has 0 saturated heterocycles. The second kappa shape index (κ2) is 6.65. The van der Waals surface area contributed by atoms with Crippen LogP contribution in [-0.2, 0) is 0 Å². The SMILES string of the molecule is COc1cc(Nc2ncccc2C(=O)O)c(C(=O)O)cc1OC. The molecule has 0 aliphatic carbocycles. The van der Waals surface area contributed by atoms with E-state index in [-0.39, 0.29) is 28.4 Å². The highest BCUT2D eigenvalue weighted by atomic mass is 16.5. The number of hydrogen-bond donors (Lipinski definition) is 3. The number of hydrogen-bond acceptors (Lipinski definition) is 6. The summed E-state index contributed by atoms with van der Waals surface area (Å²) in [6, 6.07) is 5.52. The molecule has 0 unspecified atom stereocenters. The Morgan fingerprint density at radius 2 is 1.65 bits per heavy atom. The zero-order valence-electron chi connectivity index (χ0n) is 12.4. The van der Waals surface area contributed by atoms with Crippen LogP contribution in [0.25, 0.3) is 0 Å². The number of aromatic nitrogens is 1. The van der Waals surface area contributed by atoms with Gasteiger partial charge in [-0.05, 0) is 12.1 Å². The van der Waals surface area contributed by atoms with E-state index in [1.165, 1.54) is 44.7 Å². The van der Waals surface area contributed by atoms with E-state index < -0.39 is 11.9 Å². The van der Waals surface area contributed by atoms with Crippen LogP contribution in [0.15, 0.2) is 30.5 Å². The van der Waals surface area contributed by atoms with Gasteiger partial charge >= 0.3 is 11.9 Å². The van der Waals surface area contributed by atoms with Crippen LogP contribution in [0.4, 0.5) is 11.5 Å². The van der Waals surface area contributed by atoms with Gasteiger partial charge in [0.15, 0.2) is 11.5 Å². The monoisotopic (exact) mass is 318 g/mol. The number of rotatable bonds is 6. The first-order valence-electron chi connectivity index (χ1n) is 6.42. The van der Waals surface area contributed by atoms with E-state index in [1.54, 1.807) is 0 Å². The van der Waals surface area contributed by atoms with Crippen molar-refractivity contribution in [1.82, 2.24) is 4.98 Å². The largest absolute Gasteiger partial charge is 0.493 e. The van der Waals surface area contributed by atoms with Crippen LogP contribution in [0, 0.1) is 0 Å². The third-order valence-corrected chi connectivity index (χ3v) is 3.05. The van der Waals surface area contributed by atoms with Crippen LogP contribution in [0.2, 0.25) is 0 Å². The first kappa shape index (κ1) is 16.1. The second-order valence-electron chi connectivity index (χ2n) is 4.39. The Morgan fingerprint density at radius 1 is 1.04 bits per heavy atom. The molecule has 0 atom stereocenters. The van der Waals surface area contributed by atoms with Gasteiger partial charge in [-0.15, -0.1) is 0 Å². The van der Waals surface area contributed by atoms with E-state index in [0.29, 0.717) is 5.75 Å². The number of pyridine rings is 1. The van der Waals surface area contributed by atoms with Crippen LogP contribution in [-0.4, -0.2) is 41.4 Å². The molecule has 0 saturated carbocycles. The Labute approximate surface area is 131 Å². The summed E-state index contributed by atoms with van der Waals surface area (Å²) < 4.78 is 10.2. The molecule has 0 spiro atoms. The molecule has 8 nitrogen and oxygen atoms in total. The normalized spacial score (nSPS) is 10.0. The summed E-state index contributed by atoms with van der Waals surface area (Å²) >= 11 is 0. The van der Waals surface area contributed by atoms with E-state index in [9.17, 15) is 14.7 Å². The molecular formula is C15H14N2O6. The third kappa shape index (κ3) is 3.31. The maximum atomic E-state index is 11.4. The Balaban J connectivity index is 2.55. The van der Waals surface area contributed by atoms with E-state index >= 15 is 0 Å². The van der Waals surface area contributed by atoms with Crippen LogP contribution >= 0.6 is 0 Å². The van der Waals surface area contributed by atoms with Crippen molar-refractivity contribution < 1.29 is 29.3 Å². The molecule has 1 heterocycles. The Bertz CT molecular complexity index is 760. The van der Waals surface area contributed by atoms with Gasteiger partial charge in [-0.2, -0.15) is 0 Å². The molecule has 120 valence electrons. The van der Waals surface area contributed by atoms with Crippen LogP contribution < -0.4 is 14.8 Å². The summed E-state index contributed by atoms with van der Waals surface area (Å²) in [5.41, 5.74) is -0.0559. The van der Waals surface area contributed by atoms with Crippen molar-refractivity contribution in [1.29, 1.82) is 0 Å². The molecule has 0 aliphatic rings. The minimum absolute atomic E-state index is 0.0229. The van der Waals surface area contributed by atoms with Gasteiger partial charge < -0.3 is 25.0 Å². The zero-order valence-corrected chi connectivity index (χ0v) is 12.4. The van der Waals surface area contributed by atoms with Gasteiger partial charge in [0.05, 0.1) is 25.5 Å². The standard InChI is InChI=1S/C15H14N2O6/c1-22-11-6-9(15(20)21)10(7-12(11)23-2)17-13-8(14(18)19)4-3-5-16-13/h3-7H,1-2H3,(H,16,17)(H,18,19)(H,20,21). The van der Waals surface area contributed by atoms with Gasteiger partial charge in [-0.25, -0.2) is 14.6 Å². The number of anilines is 2. The summed E-state index contributed by atoms with van der Waals surface area (Å²) in [4.78, 5) is 26.6. The molecule has 1 aromatic heterocycles. The fourth-order valence-electron chi connectivity index (χ4n) is 1.96. The third-order valence-electron chi connectivity index (χ3n) is 3.05. The van der Waals surface area contributed by atoms with Gasteiger partial charge in [0.2, 0.25) is 0 Å². The van der Waals surface area contributed by atoms with Crippen molar-refractivity contribution in [2.45, 2.75) is 0 Å². The van der Waals surface area contributed by atoms with Gasteiger partial charge in [-0.3, -0.25) is 0 Å². The topological polar surface area (TPSA) is 118 Å². The van der Waals surface area contributed by atoms with E-state index in [0.717, 1.165) is 0 Å². The lowest BCUT2D eigenvalue weighted by Crippen LogP contribution is -2.08. The molecule has 0 amide bonds. The van der Waals surface area contributed by atoms with Gasteiger partial charge in [0.25, 0.3) is 0 Å². The van der Waals surface area contributed by atoms with Crippen molar-refractivity contribution in [2.24, 2.45) is 0 Å². The lowest BCUT2D eigenvalue weighted by atomic mass is 10.1. The summed E-state index contributed by atoms with van der Waals surface area (Å²) in [5, 5.41) is 21.2. The quantitative estimate of drug-likeness (QED) is 0.742. The molecule has 3 N–H and O–H groups in total. The van der Waals surface area contributed by atoms with Crippen LogP contribution in [0.5, 0.6) is 11.5 Å². The molecule has 0 bridgehead atoms. The summed E-state index contributed by atoms with van der Waals surface area (Å²) in [6.07, 6.45) is 1.40. The number of benzene rings is 1. The number of nitrogens with zero attached hydrogens (tertiary/aromatic N) is 1. The molecular weight excluding hydrogens is 304 g/mol. The van der Waals surface area contributed by atoms with Crippen molar-refractivity contribution >= 4 is 23.4 Å². The Hall–Kier alpha value is -3.29. The molecule has 1 aromatic carbocycles. The second-order valence-corrected chi connectivity index (χ2v) is 4.39. The minimum atomic E-state index is -1.21. The van der Waals surface area contributed by atoms with E-state index in [1.807, 2.05) is 0 Å². The van der Waals surface area contributed by atoms with Crippen molar-refractivity contribution in [3.8, 4) is 11.5 Å². The number of nitrogens with one attached hydrogen (secondary N) is 1. The lowest BCUT2D eigenvalue weighted by molar-refractivity contribution is 0.0687. The number of ether oxygens (including phenoxy) is 2. The van der Waals surface area contributed by atoms with Crippen molar-refractivity contribution in [3.63, 3.8) is 0 Å². The first-order chi connectivity index (χ1) is 11.0. The maximum absolute atomic E-state index is 11.4. The molecule has 0 radical (unpaired) electrons. The highest BCUT2D eigenvalue weighted by Crippen LogP contribution is 2.34. The number of carboxylic acid groups (broad SMARTS) is 2. The average Bonchev–Trinajstić information content (AvgIpc) is 2.54. The van der Waals surface area contributed by atoms with Crippen LogP contribution in [0.3, 0.4) is 0 Å².